The van der Waals surface area contributed by atoms with E-state index in [4.69, 9.17) is 0 Å². The minimum absolute atomic E-state index is 0.0418. The van der Waals surface area contributed by atoms with Gasteiger partial charge in [-0.25, -0.2) is 4.39 Å². The number of benzene rings is 2. The van der Waals surface area contributed by atoms with Crippen LogP contribution in [0.15, 0.2) is 54.6 Å². The highest BCUT2D eigenvalue weighted by atomic mass is 19.1. The fraction of sp³-hybridized carbons (Fsp3) is 0.391. The van der Waals surface area contributed by atoms with Crippen LogP contribution in [-0.4, -0.2) is 63.0 Å². The summed E-state index contributed by atoms with van der Waals surface area (Å²) in [6.07, 6.45) is 0. The fourth-order valence-electron chi connectivity index (χ4n) is 3.79. The van der Waals surface area contributed by atoms with E-state index in [1.807, 2.05) is 49.2 Å². The minimum Gasteiger partial charge on any atom is -0.334 e. The average Bonchev–Trinajstić information content (AvgIpc) is 2.76. The first-order valence-corrected chi connectivity index (χ1v) is 10.5. The number of likely N-dealkylation sites (N-methyl/N-ethyl adjacent to an activating group) is 1. The standard InChI is InChI=1S/C23H29FN4O2/c1-18(19-6-4-3-5-7-19)26(2)23(30)17-28-14-12-27(13-15-28)16-22(29)25-21-10-8-20(24)9-11-21/h3-11,18H,12-17H2,1-2H3,(H,25,29)/p+2/t18-/m1/s1. The van der Waals surface area contributed by atoms with Crippen molar-refractivity contribution in [1.82, 2.24) is 4.90 Å². The summed E-state index contributed by atoms with van der Waals surface area (Å²) in [5.74, 6) is -0.262. The molecule has 0 bridgehead atoms. The van der Waals surface area contributed by atoms with Gasteiger partial charge in [-0.15, -0.1) is 0 Å². The van der Waals surface area contributed by atoms with Crippen molar-refractivity contribution in [3.05, 3.63) is 66.0 Å². The molecule has 2 amide bonds. The van der Waals surface area contributed by atoms with Crippen LogP contribution in [0.3, 0.4) is 0 Å². The van der Waals surface area contributed by atoms with E-state index in [2.05, 4.69) is 5.32 Å². The number of piperazine rings is 1. The molecule has 30 heavy (non-hydrogen) atoms. The van der Waals surface area contributed by atoms with Crippen LogP contribution in [0.4, 0.5) is 10.1 Å². The molecule has 0 saturated carbocycles. The maximum Gasteiger partial charge on any atom is 0.279 e. The molecule has 3 N–H and O–H groups in total. The number of amides is 2. The monoisotopic (exact) mass is 414 g/mol. The van der Waals surface area contributed by atoms with Gasteiger partial charge in [0.15, 0.2) is 13.1 Å². The average molecular weight is 415 g/mol. The molecule has 2 aromatic rings. The van der Waals surface area contributed by atoms with Gasteiger partial charge in [0.25, 0.3) is 11.8 Å². The predicted octanol–water partition coefficient (Wildman–Crippen LogP) is -0.233. The third kappa shape index (κ3) is 6.11. The van der Waals surface area contributed by atoms with Gasteiger partial charge in [0, 0.05) is 12.7 Å². The molecule has 1 fully saturated rings. The van der Waals surface area contributed by atoms with Crippen molar-refractivity contribution in [1.29, 1.82) is 0 Å². The highest BCUT2D eigenvalue weighted by Crippen LogP contribution is 2.17. The van der Waals surface area contributed by atoms with Crippen LogP contribution in [0.25, 0.3) is 0 Å². The Labute approximate surface area is 177 Å². The van der Waals surface area contributed by atoms with Crippen molar-refractivity contribution in [3.8, 4) is 0 Å². The number of rotatable bonds is 7. The third-order valence-electron chi connectivity index (χ3n) is 5.86. The van der Waals surface area contributed by atoms with Crippen molar-refractivity contribution in [2.24, 2.45) is 0 Å². The maximum atomic E-state index is 13.0. The van der Waals surface area contributed by atoms with Crippen LogP contribution < -0.4 is 15.1 Å². The van der Waals surface area contributed by atoms with Crippen LogP contribution in [0.1, 0.15) is 18.5 Å². The molecule has 0 unspecified atom stereocenters. The molecule has 6 nitrogen and oxygen atoms in total. The van der Waals surface area contributed by atoms with Crippen molar-refractivity contribution in [3.63, 3.8) is 0 Å². The molecule has 1 aliphatic rings. The molecule has 160 valence electrons. The topological polar surface area (TPSA) is 58.3 Å². The lowest BCUT2D eigenvalue weighted by Crippen LogP contribution is -3.28. The van der Waals surface area contributed by atoms with Gasteiger partial charge in [0.2, 0.25) is 0 Å². The zero-order valence-electron chi connectivity index (χ0n) is 17.7. The largest absolute Gasteiger partial charge is 0.334 e. The first-order chi connectivity index (χ1) is 14.4. The Morgan fingerprint density at radius 3 is 2.13 bits per heavy atom. The molecule has 1 atom stereocenters. The molecule has 7 heteroatoms. The lowest BCUT2D eigenvalue weighted by molar-refractivity contribution is -1.00. The molecule has 3 rings (SSSR count). The van der Waals surface area contributed by atoms with E-state index in [1.54, 1.807) is 12.1 Å². The number of quaternary nitrogens is 2. The Kier molecular flexibility index (Phi) is 7.54. The highest BCUT2D eigenvalue weighted by molar-refractivity contribution is 5.91. The van der Waals surface area contributed by atoms with Crippen molar-refractivity contribution < 1.29 is 23.8 Å². The Morgan fingerprint density at radius 1 is 0.967 bits per heavy atom. The molecule has 0 aromatic heterocycles. The molecule has 0 aliphatic carbocycles. The predicted molar refractivity (Wildman–Crippen MR) is 114 cm³/mol. The molecule has 1 aliphatic heterocycles. The Hall–Kier alpha value is -2.77. The van der Waals surface area contributed by atoms with Gasteiger partial charge in [-0.1, -0.05) is 30.3 Å². The van der Waals surface area contributed by atoms with E-state index < -0.39 is 0 Å². The summed E-state index contributed by atoms with van der Waals surface area (Å²) in [5.41, 5.74) is 1.73. The number of hydrogen-bond donors (Lipinski definition) is 3. The second-order valence-corrected chi connectivity index (χ2v) is 8.00. The number of nitrogens with zero attached hydrogens (tertiary/aromatic N) is 1. The first kappa shape index (κ1) is 21.9. The van der Waals surface area contributed by atoms with Crippen LogP contribution in [0.5, 0.6) is 0 Å². The summed E-state index contributed by atoms with van der Waals surface area (Å²) in [4.78, 5) is 29.2. The van der Waals surface area contributed by atoms with Crippen LogP contribution in [-0.2, 0) is 9.59 Å². The second-order valence-electron chi connectivity index (χ2n) is 8.00. The van der Waals surface area contributed by atoms with Crippen molar-refractivity contribution in [2.45, 2.75) is 13.0 Å². The quantitative estimate of drug-likeness (QED) is 0.586. The molecule has 1 heterocycles. The van der Waals surface area contributed by atoms with E-state index in [0.29, 0.717) is 18.8 Å². The summed E-state index contributed by atoms with van der Waals surface area (Å²) in [6.45, 7) is 6.31. The summed E-state index contributed by atoms with van der Waals surface area (Å²) < 4.78 is 13.0. The summed E-state index contributed by atoms with van der Waals surface area (Å²) >= 11 is 0. The molecule has 0 spiro atoms. The summed E-state index contributed by atoms with van der Waals surface area (Å²) in [6, 6.07) is 15.9. The van der Waals surface area contributed by atoms with Crippen molar-refractivity contribution >= 4 is 17.5 Å². The van der Waals surface area contributed by atoms with Gasteiger partial charge in [-0.05, 0) is 36.8 Å². The zero-order chi connectivity index (χ0) is 21.5. The highest BCUT2D eigenvalue weighted by Gasteiger charge is 2.28. The van der Waals surface area contributed by atoms with Crippen molar-refractivity contribution in [2.75, 3.05) is 51.6 Å². The Bertz CT molecular complexity index is 836. The summed E-state index contributed by atoms with van der Waals surface area (Å²) in [7, 11) is 1.86. The zero-order valence-corrected chi connectivity index (χ0v) is 17.7. The van der Waals surface area contributed by atoms with Gasteiger partial charge < -0.3 is 20.0 Å². The van der Waals surface area contributed by atoms with E-state index in [-0.39, 0.29) is 23.7 Å². The minimum atomic E-state index is -0.323. The lowest BCUT2D eigenvalue weighted by Gasteiger charge is -2.31. The number of nitrogens with one attached hydrogen (secondary N) is 3. The van der Waals surface area contributed by atoms with Crippen LogP contribution >= 0.6 is 0 Å². The van der Waals surface area contributed by atoms with E-state index in [0.717, 1.165) is 31.7 Å². The van der Waals surface area contributed by atoms with E-state index in [1.165, 1.54) is 21.9 Å². The maximum absolute atomic E-state index is 13.0. The van der Waals surface area contributed by atoms with Crippen LogP contribution in [0, 0.1) is 5.82 Å². The molecular weight excluding hydrogens is 383 g/mol. The second kappa shape index (κ2) is 10.3. The molecular formula is C23H31FN4O2+2. The smallest absolute Gasteiger partial charge is 0.279 e. The van der Waals surface area contributed by atoms with Gasteiger partial charge in [-0.3, -0.25) is 9.59 Å². The first-order valence-electron chi connectivity index (χ1n) is 10.5. The molecule has 1 saturated heterocycles. The third-order valence-corrected chi connectivity index (χ3v) is 5.86. The van der Waals surface area contributed by atoms with Gasteiger partial charge in [0.1, 0.15) is 32.0 Å². The number of halogens is 1. The molecule has 0 radical (unpaired) electrons. The van der Waals surface area contributed by atoms with Crippen LogP contribution in [0.2, 0.25) is 0 Å². The number of carbonyl (C=O) groups excluding carboxylic acids is 2. The Morgan fingerprint density at radius 2 is 1.53 bits per heavy atom. The lowest BCUT2D eigenvalue weighted by atomic mass is 10.1. The Balaban J connectivity index is 1.41. The fourth-order valence-corrected chi connectivity index (χ4v) is 3.79. The number of carbonyl (C=O) groups is 2. The molecule has 2 aromatic carbocycles. The van der Waals surface area contributed by atoms with Gasteiger partial charge in [-0.2, -0.15) is 0 Å². The number of anilines is 1. The van der Waals surface area contributed by atoms with E-state index in [9.17, 15) is 14.0 Å². The SMILES string of the molecule is C[C@H](c1ccccc1)N(C)C(=O)C[NH+]1CC[NH+](CC(=O)Nc2ccc(F)cc2)CC1. The normalized spacial score (nSPS) is 19.7. The van der Waals surface area contributed by atoms with E-state index >= 15 is 0 Å². The van der Waals surface area contributed by atoms with Gasteiger partial charge in [0.05, 0.1) is 6.04 Å². The number of hydrogen-bond acceptors (Lipinski definition) is 2. The van der Waals surface area contributed by atoms with Gasteiger partial charge >= 0.3 is 0 Å². The summed E-state index contributed by atoms with van der Waals surface area (Å²) in [5, 5.41) is 2.81.